The van der Waals surface area contributed by atoms with Gasteiger partial charge in [-0.15, -0.1) is 0 Å². The van der Waals surface area contributed by atoms with Crippen molar-refractivity contribution in [2.45, 2.75) is 6.42 Å². The van der Waals surface area contributed by atoms with Gasteiger partial charge in [0.25, 0.3) is 0 Å². The molecule has 0 radical (unpaired) electrons. The van der Waals surface area contributed by atoms with Crippen molar-refractivity contribution in [2.24, 2.45) is 0 Å². The zero-order chi connectivity index (χ0) is 12.7. The van der Waals surface area contributed by atoms with E-state index in [1.807, 2.05) is 42.3 Å². The molecule has 1 rings (SSSR count). The maximum absolute atomic E-state index is 11.3. The highest BCUT2D eigenvalue weighted by Crippen LogP contribution is 2.10. The van der Waals surface area contributed by atoms with Crippen LogP contribution in [0.2, 0.25) is 0 Å². The van der Waals surface area contributed by atoms with E-state index in [1.165, 1.54) is 0 Å². The van der Waals surface area contributed by atoms with Crippen LogP contribution in [0.25, 0.3) is 0 Å². The number of nitrogens with one attached hydrogen (secondary N) is 1. The number of rotatable bonds is 6. The summed E-state index contributed by atoms with van der Waals surface area (Å²) in [6.07, 6.45) is 0.276. The van der Waals surface area contributed by atoms with Crippen LogP contribution < -0.4 is 10.2 Å². The molecule has 0 spiro atoms. The SMILES string of the molecule is CN(CCC(=O)NCC(=O)O)c1ccccc1. The second-order valence-electron chi connectivity index (χ2n) is 3.68. The van der Waals surface area contributed by atoms with E-state index in [1.54, 1.807) is 0 Å². The highest BCUT2D eigenvalue weighted by molar-refractivity contribution is 5.81. The van der Waals surface area contributed by atoms with Crippen molar-refractivity contribution in [3.8, 4) is 0 Å². The molecule has 0 unspecified atom stereocenters. The number of hydrogen-bond acceptors (Lipinski definition) is 3. The third-order valence-electron chi connectivity index (χ3n) is 2.31. The Hall–Kier alpha value is -2.04. The molecule has 0 aliphatic rings. The molecule has 2 N–H and O–H groups in total. The minimum absolute atomic E-state index is 0.254. The van der Waals surface area contributed by atoms with E-state index in [0.717, 1.165) is 5.69 Å². The molecule has 17 heavy (non-hydrogen) atoms. The maximum atomic E-state index is 11.3. The Balaban J connectivity index is 2.31. The van der Waals surface area contributed by atoms with E-state index in [2.05, 4.69) is 5.32 Å². The van der Waals surface area contributed by atoms with Gasteiger partial charge in [0.15, 0.2) is 0 Å². The molecular formula is C12H16N2O3. The van der Waals surface area contributed by atoms with E-state index in [0.29, 0.717) is 6.54 Å². The van der Waals surface area contributed by atoms with E-state index in [-0.39, 0.29) is 18.9 Å². The molecule has 0 bridgehead atoms. The Bertz CT molecular complexity index is 379. The van der Waals surface area contributed by atoms with Crippen molar-refractivity contribution in [1.29, 1.82) is 0 Å². The van der Waals surface area contributed by atoms with Gasteiger partial charge in [-0.25, -0.2) is 0 Å². The van der Waals surface area contributed by atoms with Gasteiger partial charge in [-0.1, -0.05) is 18.2 Å². The molecule has 1 amide bonds. The first kappa shape index (κ1) is 13.0. The van der Waals surface area contributed by atoms with Crippen LogP contribution in [0.15, 0.2) is 30.3 Å². The molecule has 0 saturated carbocycles. The number of amides is 1. The fraction of sp³-hybridized carbons (Fsp3) is 0.333. The Labute approximate surface area is 100 Å². The van der Waals surface area contributed by atoms with Gasteiger partial charge in [0.05, 0.1) is 0 Å². The number of benzene rings is 1. The monoisotopic (exact) mass is 236 g/mol. The van der Waals surface area contributed by atoms with Crippen LogP contribution in [-0.2, 0) is 9.59 Å². The minimum atomic E-state index is -1.03. The average molecular weight is 236 g/mol. The molecule has 0 aliphatic heterocycles. The van der Waals surface area contributed by atoms with Crippen molar-refractivity contribution >= 4 is 17.6 Å². The molecule has 0 aromatic heterocycles. The number of carboxylic acids is 1. The van der Waals surface area contributed by atoms with Crippen LogP contribution >= 0.6 is 0 Å². The molecule has 0 atom stereocenters. The molecule has 1 aromatic carbocycles. The molecule has 0 saturated heterocycles. The molecular weight excluding hydrogens is 220 g/mol. The number of para-hydroxylation sites is 1. The van der Waals surface area contributed by atoms with Crippen LogP contribution in [0.5, 0.6) is 0 Å². The first-order valence-corrected chi connectivity index (χ1v) is 5.34. The molecule has 5 nitrogen and oxygen atoms in total. The lowest BCUT2D eigenvalue weighted by Gasteiger charge is -2.18. The molecule has 0 heterocycles. The van der Waals surface area contributed by atoms with Gasteiger partial charge in [0.2, 0.25) is 5.91 Å². The zero-order valence-corrected chi connectivity index (χ0v) is 9.72. The standard InChI is InChI=1S/C12H16N2O3/c1-14(10-5-3-2-4-6-10)8-7-11(15)13-9-12(16)17/h2-6H,7-9H2,1H3,(H,13,15)(H,16,17). The number of carboxylic acid groups (broad SMARTS) is 1. The summed E-state index contributed by atoms with van der Waals surface area (Å²) in [6, 6.07) is 9.69. The van der Waals surface area contributed by atoms with Crippen molar-refractivity contribution in [1.82, 2.24) is 5.32 Å². The Morgan fingerprint density at radius 3 is 2.53 bits per heavy atom. The number of carbonyl (C=O) groups excluding carboxylic acids is 1. The van der Waals surface area contributed by atoms with E-state index >= 15 is 0 Å². The number of nitrogens with zero attached hydrogens (tertiary/aromatic N) is 1. The third-order valence-corrected chi connectivity index (χ3v) is 2.31. The highest BCUT2D eigenvalue weighted by atomic mass is 16.4. The summed E-state index contributed by atoms with van der Waals surface area (Å²) < 4.78 is 0. The van der Waals surface area contributed by atoms with E-state index in [4.69, 9.17) is 5.11 Å². The van der Waals surface area contributed by atoms with Gasteiger partial charge >= 0.3 is 5.97 Å². The minimum Gasteiger partial charge on any atom is -0.480 e. The molecule has 92 valence electrons. The van der Waals surface area contributed by atoms with Crippen molar-refractivity contribution in [3.05, 3.63) is 30.3 Å². The predicted molar refractivity (Wildman–Crippen MR) is 65.0 cm³/mol. The lowest BCUT2D eigenvalue weighted by atomic mass is 10.3. The Kier molecular flexibility index (Phi) is 5.00. The first-order chi connectivity index (χ1) is 8.09. The Morgan fingerprint density at radius 2 is 1.94 bits per heavy atom. The van der Waals surface area contributed by atoms with Crippen LogP contribution in [0, 0.1) is 0 Å². The summed E-state index contributed by atoms with van der Waals surface area (Å²) in [6.45, 7) is 0.226. The Morgan fingerprint density at radius 1 is 1.29 bits per heavy atom. The fourth-order valence-electron chi connectivity index (χ4n) is 1.34. The normalized spacial score (nSPS) is 9.71. The molecule has 0 aliphatic carbocycles. The smallest absolute Gasteiger partial charge is 0.322 e. The molecule has 1 aromatic rings. The van der Waals surface area contributed by atoms with Crippen LogP contribution in [0.4, 0.5) is 5.69 Å². The number of carbonyl (C=O) groups is 2. The number of aliphatic carboxylic acids is 1. The average Bonchev–Trinajstić information content (AvgIpc) is 2.34. The van der Waals surface area contributed by atoms with Crippen LogP contribution in [0.1, 0.15) is 6.42 Å². The van der Waals surface area contributed by atoms with E-state index < -0.39 is 5.97 Å². The van der Waals surface area contributed by atoms with Gasteiger partial charge in [0.1, 0.15) is 6.54 Å². The summed E-state index contributed by atoms with van der Waals surface area (Å²) >= 11 is 0. The molecule has 5 heteroatoms. The lowest BCUT2D eigenvalue weighted by Crippen LogP contribution is -2.32. The van der Waals surface area contributed by atoms with Gasteiger partial charge in [-0.05, 0) is 12.1 Å². The topological polar surface area (TPSA) is 69.6 Å². The van der Waals surface area contributed by atoms with Crippen molar-refractivity contribution in [3.63, 3.8) is 0 Å². The van der Waals surface area contributed by atoms with Crippen molar-refractivity contribution in [2.75, 3.05) is 25.0 Å². The largest absolute Gasteiger partial charge is 0.480 e. The third kappa shape index (κ3) is 5.01. The number of anilines is 1. The van der Waals surface area contributed by atoms with Crippen LogP contribution in [0.3, 0.4) is 0 Å². The first-order valence-electron chi connectivity index (χ1n) is 5.34. The summed E-state index contributed by atoms with van der Waals surface area (Å²) in [5.74, 6) is -1.29. The van der Waals surface area contributed by atoms with Gasteiger partial charge in [-0.3, -0.25) is 9.59 Å². The number of hydrogen-bond donors (Lipinski definition) is 2. The van der Waals surface area contributed by atoms with Gasteiger partial charge in [0, 0.05) is 25.7 Å². The zero-order valence-electron chi connectivity index (χ0n) is 9.72. The van der Waals surface area contributed by atoms with Gasteiger partial charge < -0.3 is 15.3 Å². The van der Waals surface area contributed by atoms with Crippen LogP contribution in [-0.4, -0.2) is 37.1 Å². The second-order valence-corrected chi connectivity index (χ2v) is 3.68. The molecule has 0 fully saturated rings. The summed E-state index contributed by atoms with van der Waals surface area (Å²) in [5, 5.41) is 10.7. The predicted octanol–water partition coefficient (Wildman–Crippen LogP) is 0.714. The lowest BCUT2D eigenvalue weighted by molar-refractivity contribution is -0.137. The van der Waals surface area contributed by atoms with E-state index in [9.17, 15) is 9.59 Å². The summed E-state index contributed by atoms with van der Waals surface area (Å²) in [4.78, 5) is 23.5. The quantitative estimate of drug-likeness (QED) is 0.763. The fourth-order valence-corrected chi connectivity index (χ4v) is 1.34. The summed E-state index contributed by atoms with van der Waals surface area (Å²) in [5.41, 5.74) is 1.03. The van der Waals surface area contributed by atoms with Gasteiger partial charge in [-0.2, -0.15) is 0 Å². The van der Waals surface area contributed by atoms with Crippen molar-refractivity contribution < 1.29 is 14.7 Å². The summed E-state index contributed by atoms with van der Waals surface area (Å²) in [7, 11) is 1.89. The maximum Gasteiger partial charge on any atom is 0.322 e. The second kappa shape index (κ2) is 6.52. The highest BCUT2D eigenvalue weighted by Gasteiger charge is 2.06.